The number of rotatable bonds is 7. The van der Waals surface area contributed by atoms with Crippen molar-refractivity contribution in [1.29, 1.82) is 0 Å². The molecule has 0 aliphatic carbocycles. The van der Waals surface area contributed by atoms with Crippen molar-refractivity contribution in [2.45, 2.75) is 52.6 Å². The van der Waals surface area contributed by atoms with E-state index in [0.717, 1.165) is 12.8 Å². The first-order chi connectivity index (χ1) is 7.20. The Kier molecular flexibility index (Phi) is 15.0. The molecule has 4 heteroatoms. The maximum Gasteiger partial charge on any atom is 0.219 e. The summed E-state index contributed by atoms with van der Waals surface area (Å²) in [7, 11) is 0. The second-order valence-corrected chi connectivity index (χ2v) is 3.04. The van der Waals surface area contributed by atoms with Crippen molar-refractivity contribution in [1.82, 2.24) is 5.32 Å². The summed E-state index contributed by atoms with van der Waals surface area (Å²) in [4.78, 5) is 10.8. The fourth-order valence-electron chi connectivity index (χ4n) is 0.949. The highest BCUT2D eigenvalue weighted by Crippen LogP contribution is 1.98. The van der Waals surface area contributed by atoms with Gasteiger partial charge in [-0.3, -0.25) is 4.79 Å². The van der Waals surface area contributed by atoms with E-state index >= 15 is 0 Å². The number of carbonyl (C=O) groups excluding carboxylic acids is 1. The standard InChI is InChI=1S/C9H19NO3.C2H6/c1-2-9(13)10-6-4-3-5-8(12)7-11;1-2/h8,11-12H,2-7H2,1H3,(H,10,13);1-2H3/t8-;/m0./s1. The Balaban J connectivity index is 0. The van der Waals surface area contributed by atoms with Crippen molar-refractivity contribution < 1.29 is 15.0 Å². The minimum absolute atomic E-state index is 0.0581. The Morgan fingerprint density at radius 3 is 2.40 bits per heavy atom. The van der Waals surface area contributed by atoms with Gasteiger partial charge in [-0.25, -0.2) is 0 Å². The quantitative estimate of drug-likeness (QED) is 0.561. The van der Waals surface area contributed by atoms with Crippen LogP contribution in [0.5, 0.6) is 0 Å². The van der Waals surface area contributed by atoms with Gasteiger partial charge in [0.05, 0.1) is 12.7 Å². The van der Waals surface area contributed by atoms with Crippen LogP contribution in [0, 0.1) is 0 Å². The van der Waals surface area contributed by atoms with E-state index in [-0.39, 0.29) is 12.5 Å². The SMILES string of the molecule is CC.CCC(=O)NCCCC[C@H](O)CO. The summed E-state index contributed by atoms with van der Waals surface area (Å²) in [6.07, 6.45) is 2.17. The molecule has 0 aromatic rings. The fourth-order valence-corrected chi connectivity index (χ4v) is 0.949. The van der Waals surface area contributed by atoms with Crippen LogP contribution in [0.1, 0.15) is 46.5 Å². The molecule has 0 bridgehead atoms. The Morgan fingerprint density at radius 2 is 1.93 bits per heavy atom. The number of carbonyl (C=O) groups is 1. The molecular weight excluding hydrogens is 194 g/mol. The summed E-state index contributed by atoms with van der Waals surface area (Å²) < 4.78 is 0. The maximum atomic E-state index is 10.8. The lowest BCUT2D eigenvalue weighted by Gasteiger charge is -2.06. The minimum atomic E-state index is -0.609. The third-order valence-electron chi connectivity index (χ3n) is 1.82. The molecule has 0 fully saturated rings. The number of aliphatic hydroxyl groups excluding tert-OH is 2. The summed E-state index contributed by atoms with van der Waals surface area (Å²) in [6, 6.07) is 0. The lowest BCUT2D eigenvalue weighted by atomic mass is 10.1. The Bertz CT molecular complexity index is 140. The molecule has 0 unspecified atom stereocenters. The van der Waals surface area contributed by atoms with Crippen molar-refractivity contribution in [3.8, 4) is 0 Å². The number of amides is 1. The summed E-state index contributed by atoms with van der Waals surface area (Å²) >= 11 is 0. The van der Waals surface area contributed by atoms with Crippen LogP contribution in [-0.4, -0.2) is 35.4 Å². The number of nitrogens with one attached hydrogen (secondary N) is 1. The van der Waals surface area contributed by atoms with Gasteiger partial charge in [-0.1, -0.05) is 20.8 Å². The first-order valence-electron chi connectivity index (χ1n) is 5.76. The normalized spacial score (nSPS) is 11.3. The molecule has 92 valence electrons. The zero-order chi connectivity index (χ0) is 12.1. The van der Waals surface area contributed by atoms with E-state index < -0.39 is 6.10 Å². The van der Waals surface area contributed by atoms with Crippen molar-refractivity contribution in [3.05, 3.63) is 0 Å². The Hall–Kier alpha value is -0.610. The average molecular weight is 219 g/mol. The molecule has 0 spiro atoms. The molecule has 0 aromatic carbocycles. The largest absolute Gasteiger partial charge is 0.394 e. The predicted molar refractivity (Wildman–Crippen MR) is 61.6 cm³/mol. The lowest BCUT2D eigenvalue weighted by Crippen LogP contribution is -2.23. The molecule has 15 heavy (non-hydrogen) atoms. The summed E-state index contributed by atoms with van der Waals surface area (Å²) in [6.45, 7) is 6.29. The van der Waals surface area contributed by atoms with Crippen molar-refractivity contribution in [2.75, 3.05) is 13.2 Å². The van der Waals surface area contributed by atoms with Crippen molar-refractivity contribution in [2.24, 2.45) is 0 Å². The molecule has 0 aliphatic rings. The highest BCUT2D eigenvalue weighted by Gasteiger charge is 2.01. The van der Waals surface area contributed by atoms with E-state index in [9.17, 15) is 4.79 Å². The third-order valence-corrected chi connectivity index (χ3v) is 1.82. The Morgan fingerprint density at radius 1 is 1.33 bits per heavy atom. The van der Waals surface area contributed by atoms with Gasteiger partial charge < -0.3 is 15.5 Å². The number of aliphatic hydroxyl groups is 2. The van der Waals surface area contributed by atoms with Gasteiger partial charge in [0.15, 0.2) is 0 Å². The van der Waals surface area contributed by atoms with Gasteiger partial charge in [0.25, 0.3) is 0 Å². The lowest BCUT2D eigenvalue weighted by molar-refractivity contribution is -0.120. The molecule has 0 heterocycles. The molecule has 0 saturated heterocycles. The molecule has 3 N–H and O–H groups in total. The molecule has 4 nitrogen and oxygen atoms in total. The van der Waals surface area contributed by atoms with Crippen LogP contribution in [-0.2, 0) is 4.79 Å². The first-order valence-corrected chi connectivity index (χ1v) is 5.76. The van der Waals surface area contributed by atoms with E-state index in [1.165, 1.54) is 0 Å². The molecule has 0 radical (unpaired) electrons. The van der Waals surface area contributed by atoms with Crippen LogP contribution in [0.25, 0.3) is 0 Å². The highest BCUT2D eigenvalue weighted by molar-refractivity contribution is 5.75. The van der Waals surface area contributed by atoms with Crippen LogP contribution in [0.15, 0.2) is 0 Å². The second-order valence-electron chi connectivity index (χ2n) is 3.04. The topological polar surface area (TPSA) is 69.6 Å². The van der Waals surface area contributed by atoms with Crippen LogP contribution in [0.4, 0.5) is 0 Å². The van der Waals surface area contributed by atoms with Crippen LogP contribution in [0.2, 0.25) is 0 Å². The molecule has 0 aromatic heterocycles. The van der Waals surface area contributed by atoms with E-state index in [0.29, 0.717) is 19.4 Å². The molecule has 0 aliphatic heterocycles. The molecule has 1 atom stereocenters. The summed E-state index contributed by atoms with van der Waals surface area (Å²) in [5.74, 6) is 0.0581. The molecular formula is C11H25NO3. The molecule has 0 saturated carbocycles. The van der Waals surface area contributed by atoms with Gasteiger partial charge in [-0.05, 0) is 19.3 Å². The fraction of sp³-hybridized carbons (Fsp3) is 0.909. The van der Waals surface area contributed by atoms with Crippen LogP contribution < -0.4 is 5.32 Å². The van der Waals surface area contributed by atoms with E-state index in [2.05, 4.69) is 5.32 Å². The summed E-state index contributed by atoms with van der Waals surface area (Å²) in [5.41, 5.74) is 0. The van der Waals surface area contributed by atoms with Gasteiger partial charge in [0, 0.05) is 13.0 Å². The number of unbranched alkanes of at least 4 members (excludes halogenated alkanes) is 1. The van der Waals surface area contributed by atoms with Gasteiger partial charge in [-0.2, -0.15) is 0 Å². The average Bonchev–Trinajstić information content (AvgIpc) is 2.30. The van der Waals surface area contributed by atoms with Crippen LogP contribution >= 0.6 is 0 Å². The zero-order valence-electron chi connectivity index (χ0n) is 10.1. The van der Waals surface area contributed by atoms with E-state index in [4.69, 9.17) is 10.2 Å². The van der Waals surface area contributed by atoms with Crippen molar-refractivity contribution >= 4 is 5.91 Å². The third kappa shape index (κ3) is 13.4. The monoisotopic (exact) mass is 219 g/mol. The predicted octanol–water partition coefficient (Wildman–Crippen LogP) is 1.06. The zero-order valence-corrected chi connectivity index (χ0v) is 10.1. The minimum Gasteiger partial charge on any atom is -0.394 e. The first kappa shape index (κ1) is 16.8. The molecule has 0 rings (SSSR count). The Labute approximate surface area is 92.7 Å². The number of hydrogen-bond acceptors (Lipinski definition) is 3. The van der Waals surface area contributed by atoms with Gasteiger partial charge in [0.1, 0.15) is 0 Å². The molecule has 1 amide bonds. The maximum absolute atomic E-state index is 10.8. The second kappa shape index (κ2) is 13.4. The van der Waals surface area contributed by atoms with Gasteiger partial charge in [0.2, 0.25) is 5.91 Å². The van der Waals surface area contributed by atoms with Gasteiger partial charge >= 0.3 is 0 Å². The van der Waals surface area contributed by atoms with E-state index in [1.54, 1.807) is 0 Å². The van der Waals surface area contributed by atoms with E-state index in [1.807, 2.05) is 20.8 Å². The number of hydrogen-bond donors (Lipinski definition) is 3. The summed E-state index contributed by atoms with van der Waals surface area (Å²) in [5, 5.41) is 20.2. The van der Waals surface area contributed by atoms with Crippen molar-refractivity contribution in [3.63, 3.8) is 0 Å². The van der Waals surface area contributed by atoms with Gasteiger partial charge in [-0.15, -0.1) is 0 Å². The smallest absolute Gasteiger partial charge is 0.219 e. The van der Waals surface area contributed by atoms with Crippen LogP contribution in [0.3, 0.4) is 0 Å². The highest BCUT2D eigenvalue weighted by atomic mass is 16.3.